The Hall–Kier alpha value is -2.37. The topological polar surface area (TPSA) is 81.6 Å². The van der Waals surface area contributed by atoms with E-state index in [2.05, 4.69) is 10.6 Å². The van der Waals surface area contributed by atoms with Gasteiger partial charge in [0.05, 0.1) is 13.2 Å². The Morgan fingerprint density at radius 1 is 0.727 bits per heavy atom. The zero-order valence-corrected chi connectivity index (χ0v) is 12.2. The highest BCUT2D eigenvalue weighted by Gasteiger charge is 2.08. The van der Waals surface area contributed by atoms with E-state index in [4.69, 9.17) is 10.2 Å². The predicted molar refractivity (Wildman–Crippen MR) is 87.5 cm³/mol. The van der Waals surface area contributed by atoms with E-state index in [9.17, 15) is 4.79 Å². The molecule has 4 N–H and O–H groups in total. The highest BCUT2D eigenvalue weighted by atomic mass is 16.3. The van der Waals surface area contributed by atoms with E-state index < -0.39 is 0 Å². The third-order valence-corrected chi connectivity index (χ3v) is 3.18. The highest BCUT2D eigenvalue weighted by Crippen LogP contribution is 2.16. The van der Waals surface area contributed by atoms with Gasteiger partial charge in [-0.15, -0.1) is 0 Å². The minimum atomic E-state index is -0.0394. The van der Waals surface area contributed by atoms with Gasteiger partial charge in [-0.2, -0.15) is 0 Å². The molecular weight excluding hydrogens is 280 g/mol. The summed E-state index contributed by atoms with van der Waals surface area (Å²) in [6.45, 7) is 1.10. The number of aliphatic hydroxyl groups is 2. The van der Waals surface area contributed by atoms with Crippen molar-refractivity contribution in [3.05, 3.63) is 59.7 Å². The van der Waals surface area contributed by atoms with Gasteiger partial charge in [0.2, 0.25) is 0 Å². The molecule has 0 unspecified atom stereocenters. The Morgan fingerprint density at radius 3 is 1.41 bits per heavy atom. The second-order valence-electron chi connectivity index (χ2n) is 4.78. The maximum absolute atomic E-state index is 12.4. The van der Waals surface area contributed by atoms with Crippen LogP contribution in [-0.2, 0) is 0 Å². The monoisotopic (exact) mass is 300 g/mol. The molecule has 0 aliphatic rings. The van der Waals surface area contributed by atoms with Crippen molar-refractivity contribution in [2.45, 2.75) is 0 Å². The van der Waals surface area contributed by atoms with Gasteiger partial charge in [0, 0.05) is 35.6 Å². The summed E-state index contributed by atoms with van der Waals surface area (Å²) >= 11 is 0. The summed E-state index contributed by atoms with van der Waals surface area (Å²) in [6, 6.07) is 14.3. The molecule has 2 aromatic rings. The molecule has 0 aliphatic carbocycles. The summed E-state index contributed by atoms with van der Waals surface area (Å²) in [7, 11) is 0. The van der Waals surface area contributed by atoms with Crippen molar-refractivity contribution in [2.75, 3.05) is 36.9 Å². The van der Waals surface area contributed by atoms with E-state index in [-0.39, 0.29) is 19.0 Å². The molecule has 116 valence electrons. The molecule has 0 amide bonds. The maximum atomic E-state index is 12.4. The number of carbonyl (C=O) groups excluding carboxylic acids is 1. The molecule has 0 heterocycles. The summed E-state index contributed by atoms with van der Waals surface area (Å²) < 4.78 is 0. The van der Waals surface area contributed by atoms with Crippen LogP contribution in [0.3, 0.4) is 0 Å². The first-order valence-corrected chi connectivity index (χ1v) is 7.19. The highest BCUT2D eigenvalue weighted by molar-refractivity contribution is 6.09. The van der Waals surface area contributed by atoms with Crippen LogP contribution in [0.1, 0.15) is 15.9 Å². The molecule has 5 nitrogen and oxygen atoms in total. The largest absolute Gasteiger partial charge is 0.395 e. The van der Waals surface area contributed by atoms with Crippen molar-refractivity contribution < 1.29 is 15.0 Å². The minimum absolute atomic E-state index is 0.0394. The fourth-order valence-electron chi connectivity index (χ4n) is 2.05. The van der Waals surface area contributed by atoms with Gasteiger partial charge >= 0.3 is 0 Å². The van der Waals surface area contributed by atoms with E-state index >= 15 is 0 Å². The van der Waals surface area contributed by atoms with E-state index in [1.54, 1.807) is 24.3 Å². The van der Waals surface area contributed by atoms with Crippen molar-refractivity contribution in [2.24, 2.45) is 0 Å². The maximum Gasteiger partial charge on any atom is 0.193 e. The first-order chi connectivity index (χ1) is 10.7. The first kappa shape index (κ1) is 16.0. The smallest absolute Gasteiger partial charge is 0.193 e. The van der Waals surface area contributed by atoms with Crippen molar-refractivity contribution in [1.82, 2.24) is 0 Å². The zero-order chi connectivity index (χ0) is 15.8. The standard InChI is InChI=1S/C17H20N2O3/c20-11-9-18-15-5-1-13(2-6-15)17(22)14-3-7-16(8-4-14)19-10-12-21/h1-8,18-21H,9-12H2. The summed E-state index contributed by atoms with van der Waals surface area (Å²) in [5.41, 5.74) is 2.97. The summed E-state index contributed by atoms with van der Waals surface area (Å²) in [6.07, 6.45) is 0. The third kappa shape index (κ3) is 4.31. The number of hydrogen-bond acceptors (Lipinski definition) is 5. The lowest BCUT2D eigenvalue weighted by Crippen LogP contribution is -2.07. The molecule has 0 saturated heterocycles. The number of aliphatic hydroxyl groups excluding tert-OH is 2. The Labute approximate surface area is 129 Å². The molecule has 0 fully saturated rings. The molecule has 0 spiro atoms. The fraction of sp³-hybridized carbons (Fsp3) is 0.235. The van der Waals surface area contributed by atoms with Crippen molar-refractivity contribution in [3.8, 4) is 0 Å². The second-order valence-corrected chi connectivity index (χ2v) is 4.78. The number of benzene rings is 2. The van der Waals surface area contributed by atoms with Crippen LogP contribution in [0.5, 0.6) is 0 Å². The summed E-state index contributed by atoms with van der Waals surface area (Å²) in [4.78, 5) is 12.4. The molecule has 0 aromatic heterocycles. The lowest BCUT2D eigenvalue weighted by atomic mass is 10.0. The molecule has 5 heteroatoms. The average molecular weight is 300 g/mol. The van der Waals surface area contributed by atoms with Crippen LogP contribution >= 0.6 is 0 Å². The average Bonchev–Trinajstić information content (AvgIpc) is 2.58. The van der Waals surface area contributed by atoms with Crippen LogP contribution in [0, 0.1) is 0 Å². The molecule has 2 aromatic carbocycles. The van der Waals surface area contributed by atoms with Crippen LogP contribution < -0.4 is 10.6 Å². The van der Waals surface area contributed by atoms with Gasteiger partial charge in [0.1, 0.15) is 0 Å². The van der Waals surface area contributed by atoms with E-state index in [1.807, 2.05) is 24.3 Å². The predicted octanol–water partition coefficient (Wildman–Crippen LogP) is 1.73. The van der Waals surface area contributed by atoms with Gasteiger partial charge in [0.15, 0.2) is 5.78 Å². The van der Waals surface area contributed by atoms with Crippen molar-refractivity contribution in [1.29, 1.82) is 0 Å². The molecule has 0 radical (unpaired) electrons. The summed E-state index contributed by atoms with van der Waals surface area (Å²) in [5.74, 6) is -0.0394. The first-order valence-electron chi connectivity index (χ1n) is 7.19. The van der Waals surface area contributed by atoms with Crippen LogP contribution in [-0.4, -0.2) is 42.3 Å². The lowest BCUT2D eigenvalue weighted by molar-refractivity contribution is 0.103. The number of ketones is 1. The quantitative estimate of drug-likeness (QED) is 0.558. The molecular formula is C17H20N2O3. The third-order valence-electron chi connectivity index (χ3n) is 3.18. The Kier molecular flexibility index (Phi) is 5.94. The van der Waals surface area contributed by atoms with Crippen LogP contribution in [0.4, 0.5) is 11.4 Å². The Morgan fingerprint density at radius 2 is 1.09 bits per heavy atom. The number of hydrogen-bond donors (Lipinski definition) is 4. The molecule has 0 saturated carbocycles. The SMILES string of the molecule is O=C(c1ccc(NCCO)cc1)c1ccc(NCCO)cc1. The minimum Gasteiger partial charge on any atom is -0.395 e. The van der Waals surface area contributed by atoms with E-state index in [0.29, 0.717) is 24.2 Å². The number of carbonyl (C=O) groups is 1. The molecule has 0 bridgehead atoms. The number of anilines is 2. The molecule has 2 rings (SSSR count). The van der Waals surface area contributed by atoms with Gasteiger partial charge in [-0.3, -0.25) is 4.79 Å². The number of rotatable bonds is 8. The molecule has 0 aliphatic heterocycles. The summed E-state index contributed by atoms with van der Waals surface area (Å²) in [5, 5.41) is 23.6. The lowest BCUT2D eigenvalue weighted by Gasteiger charge is -2.07. The van der Waals surface area contributed by atoms with E-state index in [0.717, 1.165) is 11.4 Å². The Balaban J connectivity index is 2.04. The van der Waals surface area contributed by atoms with Crippen LogP contribution in [0.2, 0.25) is 0 Å². The van der Waals surface area contributed by atoms with Crippen LogP contribution in [0.25, 0.3) is 0 Å². The van der Waals surface area contributed by atoms with Gasteiger partial charge in [0.25, 0.3) is 0 Å². The molecule has 0 atom stereocenters. The normalized spacial score (nSPS) is 10.3. The Bertz CT molecular complexity index is 541. The van der Waals surface area contributed by atoms with Crippen molar-refractivity contribution in [3.63, 3.8) is 0 Å². The van der Waals surface area contributed by atoms with Gasteiger partial charge < -0.3 is 20.8 Å². The fourth-order valence-corrected chi connectivity index (χ4v) is 2.05. The zero-order valence-electron chi connectivity index (χ0n) is 12.2. The van der Waals surface area contributed by atoms with Crippen LogP contribution in [0.15, 0.2) is 48.5 Å². The van der Waals surface area contributed by atoms with Gasteiger partial charge in [-0.1, -0.05) is 0 Å². The van der Waals surface area contributed by atoms with Gasteiger partial charge in [-0.05, 0) is 48.5 Å². The molecule has 22 heavy (non-hydrogen) atoms. The van der Waals surface area contributed by atoms with E-state index in [1.165, 1.54) is 0 Å². The van der Waals surface area contributed by atoms with Crippen molar-refractivity contribution >= 4 is 17.2 Å². The second kappa shape index (κ2) is 8.17. The number of nitrogens with one attached hydrogen (secondary N) is 2. The van der Waals surface area contributed by atoms with Gasteiger partial charge in [-0.25, -0.2) is 0 Å².